The summed E-state index contributed by atoms with van der Waals surface area (Å²) in [5, 5.41) is 10.3. The highest BCUT2D eigenvalue weighted by molar-refractivity contribution is 4.85. The van der Waals surface area contributed by atoms with Crippen LogP contribution in [0.5, 0.6) is 0 Å². The molecule has 0 aromatic carbocycles. The van der Waals surface area contributed by atoms with E-state index in [0.717, 1.165) is 38.9 Å². The Morgan fingerprint density at radius 2 is 2.00 bits per heavy atom. The molecule has 0 bridgehead atoms. The van der Waals surface area contributed by atoms with Crippen LogP contribution >= 0.6 is 0 Å². The summed E-state index contributed by atoms with van der Waals surface area (Å²) in [6, 6.07) is 0.345. The molecule has 3 N–H and O–H groups in total. The van der Waals surface area contributed by atoms with Gasteiger partial charge in [-0.15, -0.1) is 0 Å². The highest BCUT2D eigenvalue weighted by Crippen LogP contribution is 2.21. The number of hydrogen-bond acceptors (Lipinski definition) is 3. The molecule has 1 rings (SSSR count). The molecule has 1 saturated heterocycles. The molecule has 0 aliphatic carbocycles. The minimum Gasteiger partial charge on any atom is -0.389 e. The maximum atomic E-state index is 10.3. The molecular weight excluding hydrogens is 188 g/mol. The molecule has 0 saturated carbocycles. The van der Waals surface area contributed by atoms with Crippen molar-refractivity contribution in [3.8, 4) is 0 Å². The third-order valence-corrected chi connectivity index (χ3v) is 3.89. The van der Waals surface area contributed by atoms with Gasteiger partial charge in [-0.1, -0.05) is 20.8 Å². The minimum atomic E-state index is -0.499. The molecule has 1 heterocycles. The summed E-state index contributed by atoms with van der Waals surface area (Å²) < 4.78 is 0. The number of aliphatic hydroxyl groups is 1. The molecule has 0 radical (unpaired) electrons. The van der Waals surface area contributed by atoms with Crippen molar-refractivity contribution in [1.82, 2.24) is 4.90 Å². The first-order valence-electron chi connectivity index (χ1n) is 6.21. The van der Waals surface area contributed by atoms with Gasteiger partial charge in [0.15, 0.2) is 0 Å². The highest BCUT2D eigenvalue weighted by Gasteiger charge is 2.29. The van der Waals surface area contributed by atoms with Crippen molar-refractivity contribution in [2.75, 3.05) is 19.6 Å². The maximum Gasteiger partial charge on any atom is 0.0768 e. The zero-order valence-corrected chi connectivity index (χ0v) is 10.4. The average molecular weight is 214 g/mol. The van der Waals surface area contributed by atoms with Crippen molar-refractivity contribution in [2.45, 2.75) is 51.7 Å². The molecule has 0 amide bonds. The number of nitrogens with two attached hydrogens (primary N) is 1. The van der Waals surface area contributed by atoms with Gasteiger partial charge in [-0.2, -0.15) is 0 Å². The van der Waals surface area contributed by atoms with Gasteiger partial charge in [0.25, 0.3) is 0 Å². The molecule has 1 fully saturated rings. The molecule has 2 unspecified atom stereocenters. The van der Waals surface area contributed by atoms with Crippen LogP contribution in [0.2, 0.25) is 0 Å². The quantitative estimate of drug-likeness (QED) is 0.739. The van der Waals surface area contributed by atoms with Crippen LogP contribution in [0.1, 0.15) is 40.0 Å². The fourth-order valence-electron chi connectivity index (χ4n) is 2.28. The molecule has 3 heteroatoms. The normalized spacial score (nSPS) is 29.4. The van der Waals surface area contributed by atoms with Crippen molar-refractivity contribution >= 4 is 0 Å². The third-order valence-electron chi connectivity index (χ3n) is 3.89. The zero-order valence-electron chi connectivity index (χ0n) is 10.4. The summed E-state index contributed by atoms with van der Waals surface area (Å²) >= 11 is 0. The predicted molar refractivity (Wildman–Crippen MR) is 63.7 cm³/mol. The average Bonchev–Trinajstić information content (AvgIpc) is 2.23. The van der Waals surface area contributed by atoms with Crippen molar-refractivity contribution in [3.63, 3.8) is 0 Å². The zero-order chi connectivity index (χ0) is 11.5. The van der Waals surface area contributed by atoms with E-state index in [-0.39, 0.29) is 0 Å². The molecule has 0 aromatic rings. The van der Waals surface area contributed by atoms with Crippen LogP contribution in [0.25, 0.3) is 0 Å². The second-order valence-corrected chi connectivity index (χ2v) is 5.10. The fraction of sp³-hybridized carbons (Fsp3) is 1.00. The Balaban J connectivity index is 2.45. The summed E-state index contributed by atoms with van der Waals surface area (Å²) in [4.78, 5) is 2.36. The molecule has 3 nitrogen and oxygen atoms in total. The van der Waals surface area contributed by atoms with Gasteiger partial charge in [0.05, 0.1) is 5.60 Å². The molecule has 15 heavy (non-hydrogen) atoms. The van der Waals surface area contributed by atoms with Gasteiger partial charge >= 0.3 is 0 Å². The Hall–Kier alpha value is -0.120. The summed E-state index contributed by atoms with van der Waals surface area (Å²) in [7, 11) is 0. The SMILES string of the molecule is CCC(O)(CC)CN1CCC(N)C(C)C1. The number of likely N-dealkylation sites (tertiary alicyclic amines) is 1. The number of nitrogens with zero attached hydrogens (tertiary/aromatic N) is 1. The van der Waals surface area contributed by atoms with Crippen LogP contribution in [-0.2, 0) is 0 Å². The van der Waals surface area contributed by atoms with Crippen LogP contribution < -0.4 is 5.73 Å². The fourth-order valence-corrected chi connectivity index (χ4v) is 2.28. The van der Waals surface area contributed by atoms with E-state index in [2.05, 4.69) is 25.7 Å². The van der Waals surface area contributed by atoms with Gasteiger partial charge in [-0.05, 0) is 31.7 Å². The van der Waals surface area contributed by atoms with E-state index in [1.54, 1.807) is 0 Å². The lowest BCUT2D eigenvalue weighted by Crippen LogP contribution is -2.51. The van der Waals surface area contributed by atoms with Gasteiger partial charge in [-0.25, -0.2) is 0 Å². The minimum absolute atomic E-state index is 0.345. The third kappa shape index (κ3) is 3.44. The summed E-state index contributed by atoms with van der Waals surface area (Å²) in [5.41, 5.74) is 5.48. The molecule has 1 aliphatic heterocycles. The Bertz CT molecular complexity index is 192. The highest BCUT2D eigenvalue weighted by atomic mass is 16.3. The number of β-amino-alcohol motifs (C(OH)–C–C–N with tert-alkyl or cyclic N) is 1. The Kier molecular flexibility index (Phi) is 4.56. The lowest BCUT2D eigenvalue weighted by molar-refractivity contribution is -0.0145. The summed E-state index contributed by atoms with van der Waals surface area (Å²) in [6.07, 6.45) is 2.73. The Labute approximate surface area is 93.6 Å². The van der Waals surface area contributed by atoms with Crippen LogP contribution in [0, 0.1) is 5.92 Å². The van der Waals surface area contributed by atoms with Crippen LogP contribution in [0.4, 0.5) is 0 Å². The van der Waals surface area contributed by atoms with Gasteiger partial charge in [-0.3, -0.25) is 0 Å². The van der Waals surface area contributed by atoms with Crippen LogP contribution in [0.3, 0.4) is 0 Å². The smallest absolute Gasteiger partial charge is 0.0768 e. The van der Waals surface area contributed by atoms with E-state index in [1.807, 2.05) is 0 Å². The van der Waals surface area contributed by atoms with Crippen LogP contribution in [-0.4, -0.2) is 41.3 Å². The number of rotatable bonds is 4. The van der Waals surface area contributed by atoms with Crippen LogP contribution in [0.15, 0.2) is 0 Å². The Morgan fingerprint density at radius 1 is 1.40 bits per heavy atom. The lowest BCUT2D eigenvalue weighted by atomic mass is 9.91. The van der Waals surface area contributed by atoms with Crippen molar-refractivity contribution in [3.05, 3.63) is 0 Å². The predicted octanol–water partition coefficient (Wildman–Crippen LogP) is 1.21. The number of hydrogen-bond donors (Lipinski definition) is 2. The van der Waals surface area contributed by atoms with Crippen molar-refractivity contribution < 1.29 is 5.11 Å². The second-order valence-electron chi connectivity index (χ2n) is 5.10. The monoisotopic (exact) mass is 214 g/mol. The van der Waals surface area contributed by atoms with Gasteiger partial charge in [0, 0.05) is 19.1 Å². The van der Waals surface area contributed by atoms with Gasteiger partial charge in [0.1, 0.15) is 0 Å². The topological polar surface area (TPSA) is 49.5 Å². The standard InChI is InChI=1S/C12H26N2O/c1-4-12(15,5-2)9-14-7-6-11(13)10(3)8-14/h10-11,15H,4-9,13H2,1-3H3. The lowest BCUT2D eigenvalue weighted by Gasteiger charge is -2.39. The first-order valence-corrected chi connectivity index (χ1v) is 6.21. The molecule has 0 spiro atoms. The molecular formula is C12H26N2O. The molecule has 2 atom stereocenters. The first-order chi connectivity index (χ1) is 7.00. The molecule has 1 aliphatic rings. The number of piperidine rings is 1. The molecule has 0 aromatic heterocycles. The van der Waals surface area contributed by atoms with Crippen molar-refractivity contribution in [1.29, 1.82) is 0 Å². The largest absolute Gasteiger partial charge is 0.389 e. The van der Waals surface area contributed by atoms with E-state index in [4.69, 9.17) is 5.73 Å². The van der Waals surface area contributed by atoms with E-state index < -0.39 is 5.60 Å². The van der Waals surface area contributed by atoms with E-state index in [0.29, 0.717) is 12.0 Å². The molecule has 90 valence electrons. The van der Waals surface area contributed by atoms with E-state index >= 15 is 0 Å². The first kappa shape index (κ1) is 12.9. The van der Waals surface area contributed by atoms with Crippen molar-refractivity contribution in [2.24, 2.45) is 11.7 Å². The maximum absolute atomic E-state index is 10.3. The van der Waals surface area contributed by atoms with Gasteiger partial charge in [0.2, 0.25) is 0 Å². The Morgan fingerprint density at radius 3 is 2.47 bits per heavy atom. The summed E-state index contributed by atoms with van der Waals surface area (Å²) in [6.45, 7) is 9.19. The van der Waals surface area contributed by atoms with E-state index in [9.17, 15) is 5.11 Å². The summed E-state index contributed by atoms with van der Waals surface area (Å²) in [5.74, 6) is 0.553. The second kappa shape index (κ2) is 5.28. The van der Waals surface area contributed by atoms with E-state index in [1.165, 1.54) is 0 Å². The van der Waals surface area contributed by atoms with Gasteiger partial charge < -0.3 is 15.7 Å².